The van der Waals surface area contributed by atoms with Crippen LogP contribution in [-0.4, -0.2) is 62.1 Å². The Hall–Kier alpha value is -2.18. The quantitative estimate of drug-likeness (QED) is 0.0303. The van der Waals surface area contributed by atoms with E-state index in [1.54, 1.807) is 0 Å². The zero-order valence-corrected chi connectivity index (χ0v) is 33.5. The van der Waals surface area contributed by atoms with E-state index < -0.39 is 0 Å². The van der Waals surface area contributed by atoms with Crippen molar-refractivity contribution in [1.82, 2.24) is 15.3 Å². The van der Waals surface area contributed by atoms with Crippen LogP contribution in [0.3, 0.4) is 0 Å². The van der Waals surface area contributed by atoms with Crippen molar-refractivity contribution >= 4 is 11.9 Å². The molecule has 0 saturated heterocycles. The van der Waals surface area contributed by atoms with Gasteiger partial charge in [-0.1, -0.05) is 140 Å². The van der Waals surface area contributed by atoms with E-state index in [-0.39, 0.29) is 24.9 Å². The molecule has 0 spiro atoms. The molecule has 0 rings (SSSR count). The summed E-state index contributed by atoms with van der Waals surface area (Å²) in [6, 6.07) is 0. The van der Waals surface area contributed by atoms with Gasteiger partial charge in [-0.3, -0.25) is 15.0 Å². The second kappa shape index (κ2) is 39.6. The summed E-state index contributed by atoms with van der Waals surface area (Å²) in [6.07, 6.45) is 48.7. The predicted octanol–water partition coefficient (Wildman–Crippen LogP) is 11.8. The average Bonchev–Trinajstić information content (AvgIpc) is 3.10. The summed E-state index contributed by atoms with van der Waals surface area (Å²) in [5, 5.41) is 2.11. The van der Waals surface area contributed by atoms with Crippen LogP contribution in [0.2, 0.25) is 0 Å². The van der Waals surface area contributed by atoms with Gasteiger partial charge in [0.1, 0.15) is 6.61 Å². The zero-order chi connectivity index (χ0) is 36.6. The van der Waals surface area contributed by atoms with Crippen molar-refractivity contribution in [3.63, 3.8) is 0 Å². The Bertz CT molecular complexity index is 817. The lowest BCUT2D eigenvalue weighted by molar-refractivity contribution is -0.144. The van der Waals surface area contributed by atoms with E-state index in [4.69, 9.17) is 4.74 Å². The van der Waals surface area contributed by atoms with Gasteiger partial charge in [-0.15, -0.1) is 0 Å². The van der Waals surface area contributed by atoms with Crippen molar-refractivity contribution < 1.29 is 14.3 Å². The third kappa shape index (κ3) is 38.6. The molecule has 290 valence electrons. The van der Waals surface area contributed by atoms with E-state index in [0.717, 1.165) is 38.8 Å². The lowest BCUT2D eigenvalue weighted by Gasteiger charge is -2.23. The Morgan fingerprint density at radius 2 is 0.900 bits per heavy atom. The van der Waals surface area contributed by atoms with E-state index in [9.17, 15) is 9.59 Å². The minimum absolute atomic E-state index is 0.0644. The Kier molecular flexibility index (Phi) is 37.9. The van der Waals surface area contributed by atoms with Crippen LogP contribution in [0.25, 0.3) is 0 Å². The fraction of sp³-hybridized carbons (Fsp3) is 0.773. The van der Waals surface area contributed by atoms with Crippen LogP contribution in [0.4, 0.5) is 0 Å². The summed E-state index contributed by atoms with van der Waals surface area (Å²) >= 11 is 0. The molecule has 0 aromatic heterocycles. The molecule has 0 radical (unpaired) electrons. The smallest absolute Gasteiger partial charge is 0.307 e. The first-order valence-corrected chi connectivity index (χ1v) is 20.9. The highest BCUT2D eigenvalue weighted by molar-refractivity contribution is 5.76. The molecule has 0 bridgehead atoms. The van der Waals surface area contributed by atoms with Gasteiger partial charge in [0.25, 0.3) is 0 Å². The van der Waals surface area contributed by atoms with Gasteiger partial charge in [-0.05, 0) is 91.1 Å². The SMILES string of the molecule is CCCCC/C=C\C/C=C\CCCCCCCCN(CCCCCCCC/C=C\C/C=C\CCCCC)NC(=O)CCOC(=O)CCN(C)C. The highest BCUT2D eigenvalue weighted by atomic mass is 16.5. The number of ether oxygens (including phenoxy) is 1. The van der Waals surface area contributed by atoms with Crippen LogP contribution in [0.5, 0.6) is 0 Å². The van der Waals surface area contributed by atoms with Gasteiger partial charge < -0.3 is 9.64 Å². The van der Waals surface area contributed by atoms with Gasteiger partial charge in [0.15, 0.2) is 0 Å². The standard InChI is InChI=1S/C44H81N3O3/c1-5-7-9-11-13-15-17-19-21-23-25-27-29-31-33-35-39-47(45-43(48)38-42-50-44(49)37-41-46(3)4)40-36-34-32-30-28-26-24-22-20-18-16-14-12-10-8-6-2/h13-16,19-22H,5-12,17-18,23-42H2,1-4H3,(H,45,48)/b15-13-,16-14-,21-19-,22-20-. The molecule has 6 nitrogen and oxygen atoms in total. The number of nitrogens with zero attached hydrogens (tertiary/aromatic N) is 2. The maximum atomic E-state index is 12.7. The topological polar surface area (TPSA) is 61.9 Å². The van der Waals surface area contributed by atoms with Crippen LogP contribution in [0.1, 0.15) is 181 Å². The molecule has 1 amide bonds. The van der Waals surface area contributed by atoms with Crippen molar-refractivity contribution in [3.8, 4) is 0 Å². The molecule has 0 heterocycles. The number of carbonyl (C=O) groups is 2. The number of nitrogens with one attached hydrogen (secondary N) is 1. The lowest BCUT2D eigenvalue weighted by Crippen LogP contribution is -2.43. The van der Waals surface area contributed by atoms with E-state index in [0.29, 0.717) is 13.0 Å². The van der Waals surface area contributed by atoms with E-state index >= 15 is 0 Å². The molecule has 1 N–H and O–H groups in total. The highest BCUT2D eigenvalue weighted by Gasteiger charge is 2.11. The zero-order valence-electron chi connectivity index (χ0n) is 33.5. The maximum Gasteiger partial charge on any atom is 0.307 e. The molecule has 50 heavy (non-hydrogen) atoms. The molecule has 0 aromatic carbocycles. The predicted molar refractivity (Wildman–Crippen MR) is 217 cm³/mol. The second-order valence-corrected chi connectivity index (χ2v) is 14.2. The normalized spacial score (nSPS) is 12.2. The molecule has 0 fully saturated rings. The van der Waals surface area contributed by atoms with E-state index in [1.807, 2.05) is 19.0 Å². The number of unbranched alkanes of at least 4 members (excludes halogenated alkanes) is 18. The highest BCUT2D eigenvalue weighted by Crippen LogP contribution is 2.11. The molecule has 0 atom stereocenters. The first-order valence-electron chi connectivity index (χ1n) is 20.9. The van der Waals surface area contributed by atoms with Crippen LogP contribution in [0, 0.1) is 0 Å². The van der Waals surface area contributed by atoms with Crippen molar-refractivity contribution in [2.24, 2.45) is 0 Å². The molecular formula is C44H81N3O3. The summed E-state index contributed by atoms with van der Waals surface area (Å²) in [6.45, 7) is 7.06. The summed E-state index contributed by atoms with van der Waals surface area (Å²) in [4.78, 5) is 26.5. The number of hydrazine groups is 1. The van der Waals surface area contributed by atoms with E-state index in [2.05, 4.69) is 72.9 Å². The molecule has 0 aromatic rings. The number of rotatable bonds is 37. The summed E-state index contributed by atoms with van der Waals surface area (Å²) in [7, 11) is 3.86. The van der Waals surface area contributed by atoms with Gasteiger partial charge in [0.2, 0.25) is 5.91 Å². The van der Waals surface area contributed by atoms with Crippen molar-refractivity contribution in [3.05, 3.63) is 48.6 Å². The first kappa shape index (κ1) is 47.8. The fourth-order valence-corrected chi connectivity index (χ4v) is 5.68. The molecule has 0 saturated carbocycles. The van der Waals surface area contributed by atoms with E-state index in [1.165, 1.54) is 128 Å². The van der Waals surface area contributed by atoms with Crippen LogP contribution in [-0.2, 0) is 14.3 Å². The minimum atomic E-state index is -0.244. The Balaban J connectivity index is 4.22. The van der Waals surface area contributed by atoms with Crippen LogP contribution >= 0.6 is 0 Å². The van der Waals surface area contributed by atoms with Gasteiger partial charge >= 0.3 is 5.97 Å². The van der Waals surface area contributed by atoms with Gasteiger partial charge in [-0.2, -0.15) is 0 Å². The van der Waals surface area contributed by atoms with Crippen LogP contribution < -0.4 is 5.43 Å². The monoisotopic (exact) mass is 700 g/mol. The first-order chi connectivity index (χ1) is 24.5. The third-order valence-corrected chi connectivity index (χ3v) is 8.90. The maximum absolute atomic E-state index is 12.7. The number of hydrogen-bond donors (Lipinski definition) is 1. The lowest BCUT2D eigenvalue weighted by atomic mass is 10.1. The van der Waals surface area contributed by atoms with Gasteiger partial charge in [-0.25, -0.2) is 5.01 Å². The third-order valence-electron chi connectivity index (χ3n) is 8.90. The summed E-state index contributed by atoms with van der Waals surface area (Å²) in [5.41, 5.74) is 3.12. The van der Waals surface area contributed by atoms with Gasteiger partial charge in [0.05, 0.1) is 12.8 Å². The van der Waals surface area contributed by atoms with Crippen molar-refractivity contribution in [2.75, 3.05) is 40.3 Å². The van der Waals surface area contributed by atoms with Crippen molar-refractivity contribution in [1.29, 1.82) is 0 Å². The molecule has 0 aliphatic rings. The second-order valence-electron chi connectivity index (χ2n) is 14.2. The van der Waals surface area contributed by atoms with Crippen LogP contribution in [0.15, 0.2) is 48.6 Å². The summed E-state index contributed by atoms with van der Waals surface area (Å²) < 4.78 is 5.27. The largest absolute Gasteiger partial charge is 0.465 e. The molecule has 0 aliphatic heterocycles. The molecule has 0 unspecified atom stereocenters. The average molecular weight is 700 g/mol. The Morgan fingerprint density at radius 1 is 0.500 bits per heavy atom. The number of allylic oxidation sites excluding steroid dienone is 8. The number of hydrogen-bond acceptors (Lipinski definition) is 5. The molecule has 6 heteroatoms. The van der Waals surface area contributed by atoms with Crippen molar-refractivity contribution in [2.45, 2.75) is 181 Å². The fourth-order valence-electron chi connectivity index (χ4n) is 5.68. The summed E-state index contributed by atoms with van der Waals surface area (Å²) in [5.74, 6) is -0.309. The number of esters is 1. The Morgan fingerprint density at radius 3 is 1.32 bits per heavy atom. The molecular weight excluding hydrogens is 619 g/mol. The molecule has 0 aliphatic carbocycles. The number of carbonyl (C=O) groups excluding carboxylic acids is 2. The number of amides is 1. The Labute approximate surface area is 310 Å². The minimum Gasteiger partial charge on any atom is -0.465 e. The van der Waals surface area contributed by atoms with Gasteiger partial charge in [0, 0.05) is 19.6 Å².